The molecule has 2 rings (SSSR count). The molecule has 0 fully saturated rings. The van der Waals surface area contributed by atoms with E-state index in [1.165, 1.54) is 18.2 Å². The SMILES string of the molecule is NC(=NCCCNc1nonc1C(=Nc1ccc(F)c(Br)c1)NO)NCl. The highest BCUT2D eigenvalue weighted by Crippen LogP contribution is 2.23. The van der Waals surface area contributed by atoms with Crippen LogP contribution in [-0.4, -0.2) is 40.4 Å². The Balaban J connectivity index is 2.06. The molecule has 0 radical (unpaired) electrons. The lowest BCUT2D eigenvalue weighted by atomic mass is 10.3. The summed E-state index contributed by atoms with van der Waals surface area (Å²) in [4.78, 5) is 10.3. The van der Waals surface area contributed by atoms with Gasteiger partial charge in [-0.15, -0.1) is 0 Å². The second-order valence-electron chi connectivity index (χ2n) is 4.77. The van der Waals surface area contributed by atoms with Crippen molar-refractivity contribution in [2.75, 3.05) is 18.4 Å². The van der Waals surface area contributed by atoms with Crippen LogP contribution in [0.1, 0.15) is 12.1 Å². The second kappa shape index (κ2) is 9.89. The van der Waals surface area contributed by atoms with Gasteiger partial charge in [-0.3, -0.25) is 20.5 Å². The van der Waals surface area contributed by atoms with Gasteiger partial charge >= 0.3 is 0 Å². The molecule has 0 saturated carbocycles. The molecule has 0 aliphatic heterocycles. The van der Waals surface area contributed by atoms with Gasteiger partial charge in [-0.2, -0.15) is 0 Å². The van der Waals surface area contributed by atoms with Gasteiger partial charge in [0.2, 0.25) is 11.8 Å². The Morgan fingerprint density at radius 2 is 2.23 bits per heavy atom. The quantitative estimate of drug-likeness (QED) is 0.142. The number of aromatic nitrogens is 2. The molecule has 0 amide bonds. The minimum absolute atomic E-state index is 0.0270. The van der Waals surface area contributed by atoms with Gasteiger partial charge in [0.25, 0.3) is 0 Å². The van der Waals surface area contributed by atoms with Gasteiger partial charge in [-0.05, 0) is 50.9 Å². The Bertz CT molecular complexity index is 800. The van der Waals surface area contributed by atoms with Crippen LogP contribution in [-0.2, 0) is 0 Å². The number of halogens is 3. The molecule has 0 atom stereocenters. The number of amidine groups is 1. The zero-order valence-corrected chi connectivity index (χ0v) is 15.6. The van der Waals surface area contributed by atoms with Crippen molar-refractivity contribution in [1.29, 1.82) is 0 Å². The molecule has 0 unspecified atom stereocenters. The number of hydrogen-bond acceptors (Lipinski definition) is 7. The van der Waals surface area contributed by atoms with E-state index in [4.69, 9.17) is 17.5 Å². The highest BCUT2D eigenvalue weighted by Gasteiger charge is 2.16. The maximum Gasteiger partial charge on any atom is 0.203 e. The van der Waals surface area contributed by atoms with E-state index in [0.717, 1.165) is 0 Å². The topological polar surface area (TPSA) is 146 Å². The van der Waals surface area contributed by atoms with Crippen molar-refractivity contribution >= 4 is 51.0 Å². The standard InChI is InChI=1S/C13H15BrClFN8O2/c14-8-6-7(2-3-9(8)16)20-12(22-25)10-11(24-26-23-10)18-4-1-5-19-13(17)21-15/h2-3,6,25H,1,4-5H2,(H,18,24)(H,20,22)(H3,17,19,21). The molecule has 13 heteroatoms. The molecule has 26 heavy (non-hydrogen) atoms. The average Bonchev–Trinajstić information content (AvgIpc) is 3.10. The summed E-state index contributed by atoms with van der Waals surface area (Å²) in [6.45, 7) is 0.906. The molecule has 0 saturated heterocycles. The molecular weight excluding hydrogens is 435 g/mol. The summed E-state index contributed by atoms with van der Waals surface area (Å²) in [7, 11) is 0. The molecule has 2 aromatic rings. The maximum absolute atomic E-state index is 13.3. The Hall–Kier alpha value is -2.44. The van der Waals surface area contributed by atoms with Crippen LogP contribution in [0.4, 0.5) is 15.9 Å². The first-order valence-corrected chi connectivity index (χ1v) is 8.39. The van der Waals surface area contributed by atoms with Crippen molar-refractivity contribution in [3.63, 3.8) is 0 Å². The van der Waals surface area contributed by atoms with Crippen molar-refractivity contribution in [2.45, 2.75) is 6.42 Å². The van der Waals surface area contributed by atoms with Crippen LogP contribution in [0.3, 0.4) is 0 Å². The van der Waals surface area contributed by atoms with Crippen LogP contribution in [0.25, 0.3) is 0 Å². The van der Waals surface area contributed by atoms with Crippen LogP contribution in [0.2, 0.25) is 0 Å². The summed E-state index contributed by atoms with van der Waals surface area (Å²) in [5.41, 5.74) is 7.85. The minimum atomic E-state index is -0.430. The Kier molecular flexibility index (Phi) is 7.56. The molecule has 1 aromatic carbocycles. The van der Waals surface area contributed by atoms with Gasteiger partial charge in [0.15, 0.2) is 11.5 Å². The fraction of sp³-hybridized carbons (Fsp3) is 0.231. The Labute approximate surface area is 160 Å². The van der Waals surface area contributed by atoms with Crippen LogP contribution in [0.5, 0.6) is 0 Å². The number of benzene rings is 1. The highest BCUT2D eigenvalue weighted by molar-refractivity contribution is 9.10. The van der Waals surface area contributed by atoms with Crippen molar-refractivity contribution in [3.05, 3.63) is 34.2 Å². The smallest absolute Gasteiger partial charge is 0.203 e. The maximum atomic E-state index is 13.3. The number of hydrogen-bond donors (Lipinski definition) is 5. The highest BCUT2D eigenvalue weighted by atomic mass is 79.9. The van der Waals surface area contributed by atoms with Crippen molar-refractivity contribution in [1.82, 2.24) is 20.6 Å². The number of nitrogens with zero attached hydrogens (tertiary/aromatic N) is 4. The largest absolute Gasteiger partial charge is 0.369 e. The van der Waals surface area contributed by atoms with Gasteiger partial charge in [-0.25, -0.2) is 14.0 Å². The number of hydroxylamine groups is 1. The molecule has 0 aliphatic rings. The average molecular weight is 450 g/mol. The fourth-order valence-electron chi connectivity index (χ4n) is 1.79. The number of rotatable bonds is 7. The second-order valence-corrected chi connectivity index (χ2v) is 5.82. The van der Waals surface area contributed by atoms with Gasteiger partial charge < -0.3 is 11.1 Å². The van der Waals surface area contributed by atoms with Crippen LogP contribution < -0.4 is 21.4 Å². The first kappa shape index (κ1) is 19.9. The lowest BCUT2D eigenvalue weighted by Gasteiger charge is -2.05. The predicted octanol–water partition coefficient (Wildman–Crippen LogP) is 1.89. The van der Waals surface area contributed by atoms with E-state index in [-0.39, 0.29) is 27.8 Å². The third-order valence-electron chi connectivity index (χ3n) is 2.97. The van der Waals surface area contributed by atoms with Gasteiger partial charge in [0.05, 0.1) is 10.2 Å². The third-order valence-corrected chi connectivity index (χ3v) is 3.77. The van der Waals surface area contributed by atoms with Gasteiger partial charge in [0.1, 0.15) is 5.82 Å². The summed E-state index contributed by atoms with van der Waals surface area (Å²) in [6, 6.07) is 4.12. The summed E-state index contributed by atoms with van der Waals surface area (Å²) in [6.07, 6.45) is 0.621. The Morgan fingerprint density at radius 1 is 1.42 bits per heavy atom. The Morgan fingerprint density at radius 3 is 2.92 bits per heavy atom. The number of aliphatic imine (C=N–C) groups is 2. The number of nitrogens with one attached hydrogen (secondary N) is 3. The van der Waals surface area contributed by atoms with E-state index in [1.807, 2.05) is 5.48 Å². The third kappa shape index (κ3) is 5.54. The minimum Gasteiger partial charge on any atom is -0.369 e. The van der Waals surface area contributed by atoms with Crippen molar-refractivity contribution < 1.29 is 14.2 Å². The molecule has 0 spiro atoms. The molecule has 10 nitrogen and oxygen atoms in total. The number of nitrogens with two attached hydrogens (primary N) is 1. The molecule has 1 aromatic heterocycles. The zero-order chi connectivity index (χ0) is 18.9. The molecular formula is C13H15BrClFN8O2. The van der Waals surface area contributed by atoms with Crippen LogP contribution in [0, 0.1) is 5.82 Å². The molecule has 6 N–H and O–H groups in total. The van der Waals surface area contributed by atoms with E-state index >= 15 is 0 Å². The van der Waals surface area contributed by atoms with E-state index in [9.17, 15) is 9.60 Å². The summed E-state index contributed by atoms with van der Waals surface area (Å²) >= 11 is 8.35. The summed E-state index contributed by atoms with van der Waals surface area (Å²) in [5.74, 6) is -0.0693. The number of anilines is 1. The van der Waals surface area contributed by atoms with Crippen LogP contribution in [0.15, 0.2) is 37.3 Å². The monoisotopic (exact) mass is 448 g/mol. The van der Waals surface area contributed by atoms with E-state index in [2.05, 4.69) is 51.0 Å². The normalized spacial score (nSPS) is 12.2. The lowest BCUT2D eigenvalue weighted by Crippen LogP contribution is -2.24. The molecule has 140 valence electrons. The van der Waals surface area contributed by atoms with Crippen molar-refractivity contribution in [3.8, 4) is 0 Å². The lowest BCUT2D eigenvalue weighted by molar-refractivity contribution is 0.234. The zero-order valence-electron chi connectivity index (χ0n) is 13.2. The predicted molar refractivity (Wildman–Crippen MR) is 98.1 cm³/mol. The fourth-order valence-corrected chi connectivity index (χ4v) is 2.22. The summed E-state index contributed by atoms with van der Waals surface area (Å²) in [5, 5.41) is 19.7. The van der Waals surface area contributed by atoms with Gasteiger partial charge in [0, 0.05) is 24.9 Å². The van der Waals surface area contributed by atoms with Crippen molar-refractivity contribution in [2.24, 2.45) is 15.7 Å². The van der Waals surface area contributed by atoms with E-state index in [1.54, 1.807) is 0 Å². The van der Waals surface area contributed by atoms with E-state index < -0.39 is 5.82 Å². The van der Waals surface area contributed by atoms with Crippen LogP contribution >= 0.6 is 27.7 Å². The molecule has 0 bridgehead atoms. The first-order valence-electron chi connectivity index (χ1n) is 7.22. The van der Waals surface area contributed by atoms with E-state index in [0.29, 0.717) is 25.2 Å². The first-order chi connectivity index (χ1) is 12.5. The molecule has 0 aliphatic carbocycles. The molecule has 1 heterocycles. The number of guanidine groups is 1. The summed E-state index contributed by atoms with van der Waals surface area (Å²) < 4.78 is 18.2. The van der Waals surface area contributed by atoms with Gasteiger partial charge in [-0.1, -0.05) is 0 Å².